The molecule has 3 atom stereocenters. The summed E-state index contributed by atoms with van der Waals surface area (Å²) in [6.07, 6.45) is 0. The number of benzene rings is 2. The Bertz CT molecular complexity index is 1240. The number of anilines is 1. The molecule has 2 amide bonds. The number of aromatic nitrogens is 1. The highest BCUT2D eigenvalue weighted by molar-refractivity contribution is 8.00. The topological polar surface area (TPSA) is 99.7 Å². The highest BCUT2D eigenvalue weighted by atomic mass is 32.2. The van der Waals surface area contributed by atoms with Gasteiger partial charge in [0.1, 0.15) is 5.25 Å². The average Bonchev–Trinajstić information content (AvgIpc) is 3.25. The number of fused-ring (bicyclic) bond motifs is 2. The van der Waals surface area contributed by atoms with Gasteiger partial charge in [0.25, 0.3) is 0 Å². The van der Waals surface area contributed by atoms with Crippen molar-refractivity contribution in [2.45, 2.75) is 23.1 Å². The number of phenols is 1. The number of imide groups is 1. The molecular formula is C22H18N2O5S2. The smallest absolute Gasteiger partial charge is 0.305 e. The zero-order chi connectivity index (χ0) is 21.7. The Morgan fingerprint density at radius 3 is 2.61 bits per heavy atom. The molecule has 31 heavy (non-hydrogen) atoms. The average molecular weight is 455 g/mol. The quantitative estimate of drug-likeness (QED) is 0.587. The Morgan fingerprint density at radius 1 is 1.10 bits per heavy atom. The van der Waals surface area contributed by atoms with E-state index in [2.05, 4.69) is 4.98 Å². The zero-order valence-electron chi connectivity index (χ0n) is 16.4. The maximum Gasteiger partial charge on any atom is 0.305 e. The van der Waals surface area contributed by atoms with Crippen molar-refractivity contribution in [3.05, 3.63) is 68.6 Å². The summed E-state index contributed by atoms with van der Waals surface area (Å²) in [7, 11) is 0. The molecule has 0 radical (unpaired) electrons. The van der Waals surface area contributed by atoms with Gasteiger partial charge in [0.15, 0.2) is 11.5 Å². The third-order valence-corrected chi connectivity index (χ3v) is 7.88. The van der Waals surface area contributed by atoms with E-state index in [1.54, 1.807) is 36.4 Å². The molecule has 9 heteroatoms. The SMILES string of the molecule is CCOc1cc(C2c3sc(=O)[nH]c3SC3C(=O)N(c4ccccc4)C(=O)C32)ccc1O. The number of para-hydroxylation sites is 1. The van der Waals surface area contributed by atoms with Crippen molar-refractivity contribution >= 4 is 40.6 Å². The summed E-state index contributed by atoms with van der Waals surface area (Å²) in [6.45, 7) is 2.18. The van der Waals surface area contributed by atoms with Crippen LogP contribution in [0.4, 0.5) is 5.69 Å². The third-order valence-electron chi connectivity index (χ3n) is 5.48. The predicted molar refractivity (Wildman–Crippen MR) is 118 cm³/mol. The number of nitrogens with one attached hydrogen (secondary N) is 1. The van der Waals surface area contributed by atoms with E-state index < -0.39 is 17.1 Å². The Kier molecular flexibility index (Phi) is 4.86. The number of amides is 2. The standard InChI is InChI=1S/C22H18N2O5S2/c1-2-29-14-10-11(8-9-13(14)25)15-16-18(30-19-17(15)31-22(28)23-19)21(27)24(20(16)26)12-6-4-3-5-7-12/h3-10,15-16,18,25H,2H2,1H3,(H,23,28). The minimum atomic E-state index is -0.671. The molecule has 1 saturated heterocycles. The minimum absolute atomic E-state index is 0.00505. The van der Waals surface area contributed by atoms with E-state index >= 15 is 0 Å². The zero-order valence-corrected chi connectivity index (χ0v) is 18.0. The molecule has 0 bridgehead atoms. The lowest BCUT2D eigenvalue weighted by Gasteiger charge is -2.30. The van der Waals surface area contributed by atoms with Gasteiger partial charge in [-0.1, -0.05) is 47.4 Å². The molecule has 2 aliphatic rings. The van der Waals surface area contributed by atoms with Crippen LogP contribution in [-0.4, -0.2) is 33.8 Å². The first-order chi connectivity index (χ1) is 15.0. The highest BCUT2D eigenvalue weighted by Crippen LogP contribution is 2.53. The van der Waals surface area contributed by atoms with Gasteiger partial charge in [-0.2, -0.15) is 0 Å². The van der Waals surface area contributed by atoms with Crippen LogP contribution in [0.25, 0.3) is 0 Å². The van der Waals surface area contributed by atoms with Crippen molar-refractivity contribution in [1.29, 1.82) is 0 Å². The van der Waals surface area contributed by atoms with Crippen molar-refractivity contribution in [2.75, 3.05) is 11.5 Å². The molecule has 5 rings (SSSR count). The van der Waals surface area contributed by atoms with E-state index in [4.69, 9.17) is 4.74 Å². The van der Waals surface area contributed by atoms with Crippen LogP contribution >= 0.6 is 23.1 Å². The number of phenolic OH excluding ortho intramolecular Hbond substituents is 1. The molecule has 2 aliphatic heterocycles. The van der Waals surface area contributed by atoms with E-state index in [1.807, 2.05) is 13.0 Å². The number of nitrogens with zero attached hydrogens (tertiary/aromatic N) is 1. The summed E-state index contributed by atoms with van der Waals surface area (Å²) in [6, 6.07) is 13.8. The van der Waals surface area contributed by atoms with Gasteiger partial charge >= 0.3 is 4.87 Å². The molecule has 2 N–H and O–H groups in total. The molecule has 0 aliphatic carbocycles. The van der Waals surface area contributed by atoms with Gasteiger partial charge in [-0.3, -0.25) is 14.4 Å². The molecule has 3 aromatic rings. The normalized spacial score (nSPS) is 22.4. The number of hydrogen-bond donors (Lipinski definition) is 2. The maximum absolute atomic E-state index is 13.6. The van der Waals surface area contributed by atoms with Crippen molar-refractivity contribution in [3.8, 4) is 11.5 Å². The molecule has 0 saturated carbocycles. The van der Waals surface area contributed by atoms with E-state index in [-0.39, 0.29) is 22.4 Å². The molecule has 2 aromatic carbocycles. The summed E-state index contributed by atoms with van der Waals surface area (Å²) in [5, 5.41) is 10.1. The van der Waals surface area contributed by atoms with E-state index in [9.17, 15) is 19.5 Å². The van der Waals surface area contributed by atoms with Crippen molar-refractivity contribution in [3.63, 3.8) is 0 Å². The largest absolute Gasteiger partial charge is 0.504 e. The Morgan fingerprint density at radius 2 is 1.87 bits per heavy atom. The summed E-state index contributed by atoms with van der Waals surface area (Å²) in [4.78, 5) is 43.5. The second-order valence-electron chi connectivity index (χ2n) is 7.26. The maximum atomic E-state index is 13.6. The van der Waals surface area contributed by atoms with E-state index in [1.165, 1.54) is 22.7 Å². The second-order valence-corrected chi connectivity index (χ2v) is 9.42. The molecule has 0 spiro atoms. The van der Waals surface area contributed by atoms with Gasteiger partial charge in [0.05, 0.1) is 23.2 Å². The van der Waals surface area contributed by atoms with Gasteiger partial charge in [0.2, 0.25) is 11.8 Å². The van der Waals surface area contributed by atoms with E-state index in [0.717, 1.165) is 16.2 Å². The Labute approximate surface area is 185 Å². The van der Waals surface area contributed by atoms with Crippen LogP contribution in [0.3, 0.4) is 0 Å². The first-order valence-electron chi connectivity index (χ1n) is 9.77. The monoisotopic (exact) mass is 454 g/mol. The second kappa shape index (κ2) is 7.58. The first kappa shape index (κ1) is 19.9. The van der Waals surface area contributed by atoms with E-state index in [0.29, 0.717) is 28.6 Å². The Hall–Kier alpha value is -3.04. The molecule has 1 fully saturated rings. The lowest BCUT2D eigenvalue weighted by Crippen LogP contribution is -2.32. The third kappa shape index (κ3) is 3.16. The summed E-state index contributed by atoms with van der Waals surface area (Å²) >= 11 is 2.29. The lowest BCUT2D eigenvalue weighted by molar-refractivity contribution is -0.122. The molecular weight excluding hydrogens is 436 g/mol. The number of carbonyl (C=O) groups is 2. The van der Waals surface area contributed by atoms with Crippen molar-refractivity contribution < 1.29 is 19.4 Å². The minimum Gasteiger partial charge on any atom is -0.504 e. The van der Waals surface area contributed by atoms with Crippen molar-refractivity contribution in [1.82, 2.24) is 4.98 Å². The fraction of sp³-hybridized carbons (Fsp3) is 0.227. The number of ether oxygens (including phenoxy) is 1. The number of thiazole rings is 1. The van der Waals surface area contributed by atoms with Crippen LogP contribution in [0.15, 0.2) is 58.4 Å². The van der Waals surface area contributed by atoms with Gasteiger partial charge in [-0.25, -0.2) is 4.90 Å². The van der Waals surface area contributed by atoms with Gasteiger partial charge in [-0.05, 0) is 36.8 Å². The van der Waals surface area contributed by atoms with Gasteiger partial charge in [0, 0.05) is 10.8 Å². The van der Waals surface area contributed by atoms with Crippen LogP contribution in [0, 0.1) is 5.92 Å². The predicted octanol–water partition coefficient (Wildman–Crippen LogP) is 3.34. The number of rotatable bonds is 4. The lowest BCUT2D eigenvalue weighted by atomic mass is 9.83. The van der Waals surface area contributed by atoms with Crippen molar-refractivity contribution in [2.24, 2.45) is 5.92 Å². The summed E-state index contributed by atoms with van der Waals surface area (Å²) < 4.78 is 5.53. The number of aromatic amines is 1. The molecule has 3 unspecified atom stereocenters. The molecule has 3 heterocycles. The number of H-pyrrole nitrogens is 1. The van der Waals surface area contributed by atoms with Crippen LogP contribution < -0.4 is 14.5 Å². The number of carbonyl (C=O) groups excluding carboxylic acids is 2. The highest BCUT2D eigenvalue weighted by Gasteiger charge is 2.56. The summed E-state index contributed by atoms with van der Waals surface area (Å²) in [5.41, 5.74) is 1.24. The number of thioether (sulfide) groups is 1. The van der Waals surface area contributed by atoms with Crippen LogP contribution in [0.1, 0.15) is 23.3 Å². The molecule has 158 valence electrons. The van der Waals surface area contributed by atoms with Crippen LogP contribution in [0.5, 0.6) is 11.5 Å². The fourth-order valence-corrected chi connectivity index (χ4v) is 6.72. The van der Waals surface area contributed by atoms with Crippen LogP contribution in [0.2, 0.25) is 0 Å². The first-order valence-corrected chi connectivity index (χ1v) is 11.5. The van der Waals surface area contributed by atoms with Gasteiger partial charge in [-0.15, -0.1) is 0 Å². The fourth-order valence-electron chi connectivity index (χ4n) is 4.20. The summed E-state index contributed by atoms with van der Waals surface area (Å²) in [5.74, 6) is -1.47. The number of hydrogen-bond acceptors (Lipinski definition) is 7. The van der Waals surface area contributed by atoms with Gasteiger partial charge < -0.3 is 14.8 Å². The van der Waals surface area contributed by atoms with Crippen LogP contribution in [-0.2, 0) is 9.59 Å². The molecule has 7 nitrogen and oxygen atoms in total. The Balaban J connectivity index is 1.66. The molecule has 1 aromatic heterocycles. The number of aromatic hydroxyl groups is 1.